The fraction of sp³-hybridized carbons (Fsp3) is 0.286. The van der Waals surface area contributed by atoms with Gasteiger partial charge in [0.25, 0.3) is 5.91 Å². The molecule has 12 heteroatoms. The minimum atomic E-state index is -3.73. The van der Waals surface area contributed by atoms with Crippen molar-refractivity contribution in [2.75, 3.05) is 14.2 Å². The average Bonchev–Trinajstić information content (AvgIpc) is 3.09. The van der Waals surface area contributed by atoms with E-state index in [0.717, 1.165) is 29.1 Å². The van der Waals surface area contributed by atoms with Crippen molar-refractivity contribution >= 4 is 43.5 Å². The van der Waals surface area contributed by atoms with Gasteiger partial charge in [-0.1, -0.05) is 11.3 Å². The highest BCUT2D eigenvalue weighted by Gasteiger charge is 2.23. The third-order valence-corrected chi connectivity index (χ3v) is 7.99. The molecule has 2 aromatic carbocycles. The molecule has 1 aromatic heterocycles. The van der Waals surface area contributed by atoms with Crippen LogP contribution in [0.15, 0.2) is 46.3 Å². The van der Waals surface area contributed by atoms with Crippen molar-refractivity contribution in [3.8, 4) is 0 Å². The third kappa shape index (κ3) is 5.02. The van der Waals surface area contributed by atoms with Crippen LogP contribution >= 0.6 is 11.3 Å². The zero-order chi connectivity index (χ0) is 24.5. The van der Waals surface area contributed by atoms with Gasteiger partial charge >= 0.3 is 5.97 Å². The van der Waals surface area contributed by atoms with Crippen molar-refractivity contribution in [2.45, 2.75) is 31.3 Å². The quantitative estimate of drug-likeness (QED) is 0.488. The van der Waals surface area contributed by atoms with Crippen molar-refractivity contribution < 1.29 is 31.5 Å². The topological polar surface area (TPSA) is 98.0 Å². The molecule has 0 aliphatic rings. The molecule has 176 valence electrons. The Labute approximate surface area is 192 Å². The normalized spacial score (nSPS) is 12.7. The molecule has 0 atom stereocenters. The smallest absolute Gasteiger partial charge is 0.325 e. The predicted octanol–water partition coefficient (Wildman–Crippen LogP) is 2.92. The Morgan fingerprint density at radius 3 is 2.39 bits per heavy atom. The number of methoxy groups -OCH3 is 1. The zero-order valence-corrected chi connectivity index (χ0v) is 19.8. The molecule has 8 nitrogen and oxygen atoms in total. The summed E-state index contributed by atoms with van der Waals surface area (Å²) in [4.78, 5) is 28.5. The molecule has 0 saturated heterocycles. The van der Waals surface area contributed by atoms with Gasteiger partial charge in [-0.2, -0.15) is 9.30 Å². The van der Waals surface area contributed by atoms with E-state index in [-0.39, 0.29) is 31.5 Å². The summed E-state index contributed by atoms with van der Waals surface area (Å²) in [5, 5.41) is 0. The van der Waals surface area contributed by atoms with E-state index < -0.39 is 40.1 Å². The molecule has 33 heavy (non-hydrogen) atoms. The van der Waals surface area contributed by atoms with Crippen molar-refractivity contribution in [3.05, 3.63) is 58.4 Å². The van der Waals surface area contributed by atoms with Crippen LogP contribution in [-0.4, -0.2) is 49.4 Å². The highest BCUT2D eigenvalue weighted by atomic mass is 32.2. The molecular weight excluding hydrogens is 476 g/mol. The number of hydrogen-bond donors (Lipinski definition) is 0. The molecule has 0 aliphatic heterocycles. The number of amides is 1. The van der Waals surface area contributed by atoms with Gasteiger partial charge < -0.3 is 9.30 Å². The van der Waals surface area contributed by atoms with Gasteiger partial charge in [-0.15, -0.1) is 0 Å². The lowest BCUT2D eigenvalue weighted by Crippen LogP contribution is -2.33. The SMILES string of the molecule is COC(=O)Cn1c(=NC(=O)c2ccc(S(=O)(=O)N(C)C(C)C)cc2)sc2cc(F)cc(F)c21. The zero-order valence-electron chi connectivity index (χ0n) is 18.2. The first-order valence-electron chi connectivity index (χ1n) is 9.68. The number of carbonyl (C=O) groups excluding carboxylic acids is 2. The monoisotopic (exact) mass is 497 g/mol. The maximum atomic E-state index is 14.4. The molecule has 3 aromatic rings. The average molecular weight is 498 g/mol. The lowest BCUT2D eigenvalue weighted by Gasteiger charge is -2.20. The number of esters is 1. The van der Waals surface area contributed by atoms with Gasteiger partial charge in [0.1, 0.15) is 12.4 Å². The number of ether oxygens (including phenoxy) is 1. The lowest BCUT2D eigenvalue weighted by molar-refractivity contribution is -0.141. The summed E-state index contributed by atoms with van der Waals surface area (Å²) in [6.45, 7) is 3.03. The van der Waals surface area contributed by atoms with Gasteiger partial charge in [-0.25, -0.2) is 17.2 Å². The molecule has 0 N–H and O–H groups in total. The van der Waals surface area contributed by atoms with Gasteiger partial charge in [0.05, 0.1) is 22.2 Å². The van der Waals surface area contributed by atoms with Crippen molar-refractivity contribution in [1.82, 2.24) is 8.87 Å². The van der Waals surface area contributed by atoms with Crippen LogP contribution in [0.25, 0.3) is 10.2 Å². The van der Waals surface area contributed by atoms with Crippen LogP contribution in [0.2, 0.25) is 0 Å². The Balaban J connectivity index is 2.05. The van der Waals surface area contributed by atoms with Crippen LogP contribution < -0.4 is 4.80 Å². The van der Waals surface area contributed by atoms with Gasteiger partial charge in [0.2, 0.25) is 10.0 Å². The van der Waals surface area contributed by atoms with Gasteiger partial charge in [0, 0.05) is 24.7 Å². The highest BCUT2D eigenvalue weighted by Crippen LogP contribution is 2.23. The van der Waals surface area contributed by atoms with E-state index in [4.69, 9.17) is 0 Å². The Morgan fingerprint density at radius 1 is 1.18 bits per heavy atom. The fourth-order valence-electron chi connectivity index (χ4n) is 2.92. The number of halogens is 2. The van der Waals surface area contributed by atoms with E-state index in [9.17, 15) is 26.8 Å². The Bertz CT molecular complexity index is 1390. The molecule has 0 saturated carbocycles. The number of carbonyl (C=O) groups is 2. The summed E-state index contributed by atoms with van der Waals surface area (Å²) in [5.41, 5.74) is -0.00797. The number of rotatable bonds is 6. The summed E-state index contributed by atoms with van der Waals surface area (Å²) in [5.74, 6) is -3.19. The predicted molar refractivity (Wildman–Crippen MR) is 118 cm³/mol. The van der Waals surface area contributed by atoms with Crippen LogP contribution in [0.3, 0.4) is 0 Å². The summed E-state index contributed by atoms with van der Waals surface area (Å²) < 4.78 is 60.4. The van der Waals surface area contributed by atoms with Gasteiger partial charge in [0.15, 0.2) is 10.6 Å². The van der Waals surface area contributed by atoms with Crippen LogP contribution in [0.4, 0.5) is 8.78 Å². The molecule has 1 heterocycles. The fourth-order valence-corrected chi connectivity index (χ4v) is 5.35. The number of thiazole rings is 1. The summed E-state index contributed by atoms with van der Waals surface area (Å²) in [6.07, 6.45) is 0. The summed E-state index contributed by atoms with van der Waals surface area (Å²) in [7, 11) is -1.12. The van der Waals surface area contributed by atoms with E-state index in [1.54, 1.807) is 13.8 Å². The Kier molecular flexibility index (Phi) is 7.10. The molecule has 0 fully saturated rings. The first-order chi connectivity index (χ1) is 15.4. The minimum Gasteiger partial charge on any atom is -0.468 e. The maximum absolute atomic E-state index is 14.4. The van der Waals surface area contributed by atoms with E-state index in [0.29, 0.717) is 6.07 Å². The van der Waals surface area contributed by atoms with Crippen LogP contribution in [0.1, 0.15) is 24.2 Å². The number of benzene rings is 2. The standard InChI is InChI=1S/C21H21F2N3O5S2/c1-12(2)25(3)33(29,30)15-7-5-13(6-8-15)20(28)24-21-26(11-18(27)31-4)19-16(23)9-14(22)10-17(19)32-21/h5-10,12H,11H2,1-4H3. The van der Waals surface area contributed by atoms with E-state index in [1.807, 2.05) is 0 Å². The largest absolute Gasteiger partial charge is 0.468 e. The number of sulfonamides is 1. The second-order valence-corrected chi connectivity index (χ2v) is 10.3. The maximum Gasteiger partial charge on any atom is 0.325 e. The first kappa shape index (κ1) is 24.7. The van der Waals surface area contributed by atoms with Gasteiger partial charge in [-0.3, -0.25) is 9.59 Å². The van der Waals surface area contributed by atoms with E-state index in [2.05, 4.69) is 9.73 Å². The molecule has 0 bridgehead atoms. The van der Waals surface area contributed by atoms with Crippen LogP contribution in [0, 0.1) is 11.6 Å². The number of hydrogen-bond acceptors (Lipinski definition) is 6. The Morgan fingerprint density at radius 2 is 1.82 bits per heavy atom. The lowest BCUT2D eigenvalue weighted by atomic mass is 10.2. The van der Waals surface area contributed by atoms with Crippen molar-refractivity contribution in [1.29, 1.82) is 0 Å². The molecular formula is C21H21F2N3O5S2. The van der Waals surface area contributed by atoms with E-state index in [1.165, 1.54) is 35.6 Å². The number of fused-ring (bicyclic) bond motifs is 1. The second kappa shape index (κ2) is 9.49. The highest BCUT2D eigenvalue weighted by molar-refractivity contribution is 7.89. The van der Waals surface area contributed by atoms with Crippen LogP contribution in [0.5, 0.6) is 0 Å². The van der Waals surface area contributed by atoms with E-state index >= 15 is 0 Å². The first-order valence-corrected chi connectivity index (χ1v) is 11.9. The molecule has 0 radical (unpaired) electrons. The summed E-state index contributed by atoms with van der Waals surface area (Å²) >= 11 is 0.827. The van der Waals surface area contributed by atoms with Crippen molar-refractivity contribution in [3.63, 3.8) is 0 Å². The molecule has 0 aliphatic carbocycles. The number of aromatic nitrogens is 1. The van der Waals surface area contributed by atoms with Gasteiger partial charge in [-0.05, 0) is 44.2 Å². The minimum absolute atomic E-state index is 0.00964. The Hall–Kier alpha value is -2.96. The third-order valence-electron chi connectivity index (χ3n) is 4.91. The molecule has 0 unspecified atom stereocenters. The summed E-state index contributed by atoms with van der Waals surface area (Å²) in [6, 6.07) is 6.69. The van der Waals surface area contributed by atoms with Crippen LogP contribution in [-0.2, 0) is 26.1 Å². The van der Waals surface area contributed by atoms with Crippen molar-refractivity contribution in [2.24, 2.45) is 4.99 Å². The molecule has 0 spiro atoms. The molecule has 1 amide bonds. The number of nitrogens with zero attached hydrogens (tertiary/aromatic N) is 3. The molecule has 3 rings (SSSR count). The second-order valence-electron chi connectivity index (χ2n) is 7.34.